The van der Waals surface area contributed by atoms with Gasteiger partial charge in [0.2, 0.25) is 0 Å². The zero-order chi connectivity index (χ0) is 10.3. The summed E-state index contributed by atoms with van der Waals surface area (Å²) in [6, 6.07) is 2.53. The predicted molar refractivity (Wildman–Crippen MR) is 49.3 cm³/mol. The van der Waals surface area contributed by atoms with Gasteiger partial charge >= 0.3 is 5.97 Å². The molecule has 0 unspecified atom stereocenters. The van der Waals surface area contributed by atoms with Gasteiger partial charge in [-0.15, -0.1) is 0 Å². The van der Waals surface area contributed by atoms with Crippen molar-refractivity contribution in [1.29, 1.82) is 0 Å². The second-order valence-electron chi connectivity index (χ2n) is 2.83. The molecule has 2 heterocycles. The second kappa shape index (κ2) is 2.99. The smallest absolute Gasteiger partial charge is 0.337 e. The minimum absolute atomic E-state index is 0.0810. The molecule has 14 heavy (non-hydrogen) atoms. The van der Waals surface area contributed by atoms with Crippen LogP contribution in [0.3, 0.4) is 0 Å². The second-order valence-corrected chi connectivity index (χ2v) is 3.24. The lowest BCUT2D eigenvalue weighted by Crippen LogP contribution is -1.92. The van der Waals surface area contributed by atoms with E-state index in [1.807, 2.05) is 0 Å². The lowest BCUT2D eigenvalue weighted by Gasteiger charge is -1.96. The number of fused-ring (bicyclic) bond motifs is 1. The Labute approximate surface area is 83.3 Å². The third kappa shape index (κ3) is 1.33. The number of rotatable bonds is 1. The van der Waals surface area contributed by atoms with E-state index < -0.39 is 11.8 Å². The molecule has 2 aromatic rings. The summed E-state index contributed by atoms with van der Waals surface area (Å²) in [5.41, 5.74) is 0.558. The predicted octanol–water partition coefficient (Wildman–Crippen LogP) is 2.43. The van der Waals surface area contributed by atoms with E-state index in [4.69, 9.17) is 16.7 Å². The Balaban J connectivity index is 2.76. The molecular formula is C9H5ClFNO2. The van der Waals surface area contributed by atoms with Crippen LogP contribution < -0.4 is 0 Å². The molecule has 0 aliphatic rings. The largest absolute Gasteiger partial charge is 0.478 e. The minimum atomic E-state index is -1.06. The Bertz CT molecular complexity index is 521. The van der Waals surface area contributed by atoms with Gasteiger partial charge in [-0.3, -0.25) is 0 Å². The molecule has 1 N–H and O–H groups in total. The number of carboxylic acids is 1. The van der Waals surface area contributed by atoms with Crippen molar-refractivity contribution < 1.29 is 14.3 Å². The number of pyridine rings is 1. The maximum atomic E-state index is 12.9. The number of aromatic carboxylic acids is 1. The van der Waals surface area contributed by atoms with E-state index in [-0.39, 0.29) is 10.6 Å². The van der Waals surface area contributed by atoms with Crippen molar-refractivity contribution >= 4 is 23.1 Å². The first-order chi connectivity index (χ1) is 6.58. The molecule has 2 rings (SSSR count). The summed E-state index contributed by atoms with van der Waals surface area (Å²) < 4.78 is 14.2. The summed E-state index contributed by atoms with van der Waals surface area (Å²) in [6.07, 6.45) is 2.49. The van der Waals surface area contributed by atoms with Crippen molar-refractivity contribution in [2.24, 2.45) is 0 Å². The number of hydrogen-bond acceptors (Lipinski definition) is 1. The topological polar surface area (TPSA) is 41.7 Å². The van der Waals surface area contributed by atoms with E-state index in [1.54, 1.807) is 0 Å². The molecule has 3 nitrogen and oxygen atoms in total. The minimum Gasteiger partial charge on any atom is -0.478 e. The molecule has 2 aromatic heterocycles. The maximum absolute atomic E-state index is 12.9. The molecule has 0 saturated heterocycles. The molecule has 0 atom stereocenters. The fourth-order valence-electron chi connectivity index (χ4n) is 1.26. The highest BCUT2D eigenvalue weighted by Gasteiger charge is 2.09. The quantitative estimate of drug-likeness (QED) is 0.791. The maximum Gasteiger partial charge on any atom is 0.337 e. The Morgan fingerprint density at radius 2 is 2.14 bits per heavy atom. The number of halogens is 2. The zero-order valence-electron chi connectivity index (χ0n) is 6.87. The van der Waals surface area contributed by atoms with E-state index in [0.717, 1.165) is 6.07 Å². The van der Waals surface area contributed by atoms with Gasteiger partial charge in [0.1, 0.15) is 5.82 Å². The summed E-state index contributed by atoms with van der Waals surface area (Å²) in [4.78, 5) is 10.6. The van der Waals surface area contributed by atoms with Gasteiger partial charge in [0.05, 0.1) is 16.1 Å². The van der Waals surface area contributed by atoms with Gasteiger partial charge in [-0.25, -0.2) is 9.18 Å². The summed E-state index contributed by atoms with van der Waals surface area (Å²) in [5, 5.41) is 8.89. The highest BCUT2D eigenvalue weighted by molar-refractivity contribution is 6.33. The fourth-order valence-corrected chi connectivity index (χ4v) is 1.52. The summed E-state index contributed by atoms with van der Waals surface area (Å²) in [5.74, 6) is -1.57. The Morgan fingerprint density at radius 1 is 1.43 bits per heavy atom. The van der Waals surface area contributed by atoms with Crippen molar-refractivity contribution in [2.45, 2.75) is 0 Å². The first-order valence-electron chi connectivity index (χ1n) is 3.78. The SMILES string of the molecule is O=C(O)c1cc2c(Cl)cc(F)cn2c1. The molecular weight excluding hydrogens is 209 g/mol. The molecule has 0 aromatic carbocycles. The van der Waals surface area contributed by atoms with Crippen molar-refractivity contribution in [3.05, 3.63) is 40.9 Å². The first kappa shape index (κ1) is 9.02. The van der Waals surface area contributed by atoms with Crippen molar-refractivity contribution in [2.75, 3.05) is 0 Å². The van der Waals surface area contributed by atoms with Crippen LogP contribution in [0.25, 0.3) is 5.52 Å². The van der Waals surface area contributed by atoms with Gasteiger partial charge in [-0.1, -0.05) is 11.6 Å². The molecule has 0 spiro atoms. The molecule has 0 saturated carbocycles. The van der Waals surface area contributed by atoms with Crippen LogP contribution in [0.5, 0.6) is 0 Å². The Hall–Kier alpha value is -1.55. The van der Waals surface area contributed by atoms with Crippen LogP contribution in [0.2, 0.25) is 5.02 Å². The van der Waals surface area contributed by atoms with Gasteiger partial charge in [0, 0.05) is 12.4 Å². The van der Waals surface area contributed by atoms with E-state index >= 15 is 0 Å². The lowest BCUT2D eigenvalue weighted by atomic mass is 10.3. The average molecular weight is 214 g/mol. The van der Waals surface area contributed by atoms with E-state index in [9.17, 15) is 9.18 Å². The molecule has 0 radical (unpaired) electrons. The van der Waals surface area contributed by atoms with Gasteiger partial charge in [-0.05, 0) is 12.1 Å². The highest BCUT2D eigenvalue weighted by atomic mass is 35.5. The van der Waals surface area contributed by atoms with Crippen LogP contribution >= 0.6 is 11.6 Å². The van der Waals surface area contributed by atoms with E-state index in [1.165, 1.54) is 22.9 Å². The van der Waals surface area contributed by atoms with Crippen LogP contribution in [0.4, 0.5) is 4.39 Å². The first-order valence-corrected chi connectivity index (χ1v) is 4.16. The molecule has 0 bridgehead atoms. The van der Waals surface area contributed by atoms with E-state index in [0.29, 0.717) is 5.52 Å². The van der Waals surface area contributed by atoms with Crippen LogP contribution in [0, 0.1) is 5.82 Å². The van der Waals surface area contributed by atoms with Crippen LogP contribution in [0.1, 0.15) is 10.4 Å². The molecule has 0 fully saturated rings. The summed E-state index contributed by atoms with van der Waals surface area (Å²) in [7, 11) is 0. The van der Waals surface area contributed by atoms with Crippen LogP contribution in [-0.4, -0.2) is 15.5 Å². The van der Waals surface area contributed by atoms with E-state index in [2.05, 4.69) is 0 Å². The van der Waals surface area contributed by atoms with Gasteiger partial charge in [-0.2, -0.15) is 0 Å². The highest BCUT2D eigenvalue weighted by Crippen LogP contribution is 2.21. The van der Waals surface area contributed by atoms with Crippen molar-refractivity contribution in [1.82, 2.24) is 4.40 Å². The standard InChI is InChI=1S/C9H5ClFNO2/c10-7-2-6(11)4-12-3-5(9(13)14)1-8(7)12/h1-4H,(H,13,14). The molecule has 0 aliphatic carbocycles. The summed E-state index contributed by atoms with van der Waals surface area (Å²) >= 11 is 5.73. The zero-order valence-corrected chi connectivity index (χ0v) is 7.62. The molecule has 72 valence electrons. The Morgan fingerprint density at radius 3 is 2.79 bits per heavy atom. The number of nitrogens with zero attached hydrogens (tertiary/aromatic N) is 1. The monoisotopic (exact) mass is 213 g/mol. The number of carboxylic acid groups (broad SMARTS) is 1. The average Bonchev–Trinajstić information content (AvgIpc) is 2.47. The van der Waals surface area contributed by atoms with Gasteiger partial charge < -0.3 is 9.51 Å². The van der Waals surface area contributed by atoms with Gasteiger partial charge in [0.15, 0.2) is 0 Å². The number of aromatic nitrogens is 1. The number of hydrogen-bond donors (Lipinski definition) is 1. The van der Waals surface area contributed by atoms with Crippen molar-refractivity contribution in [3.63, 3.8) is 0 Å². The van der Waals surface area contributed by atoms with Crippen LogP contribution in [0.15, 0.2) is 24.5 Å². The third-order valence-electron chi connectivity index (χ3n) is 1.87. The third-order valence-corrected chi connectivity index (χ3v) is 2.17. The molecule has 0 amide bonds. The molecule has 0 aliphatic heterocycles. The lowest BCUT2D eigenvalue weighted by molar-refractivity contribution is 0.0697. The molecule has 5 heteroatoms. The number of carbonyl (C=O) groups is 1. The van der Waals surface area contributed by atoms with Crippen LogP contribution in [-0.2, 0) is 0 Å². The van der Waals surface area contributed by atoms with Gasteiger partial charge in [0.25, 0.3) is 0 Å². The summed E-state index contributed by atoms with van der Waals surface area (Å²) in [6.45, 7) is 0. The fraction of sp³-hybridized carbons (Fsp3) is 0. The normalized spacial score (nSPS) is 10.7. The Kier molecular flexibility index (Phi) is 1.93. The van der Waals surface area contributed by atoms with Crippen molar-refractivity contribution in [3.8, 4) is 0 Å².